The van der Waals surface area contributed by atoms with Gasteiger partial charge in [0.1, 0.15) is 6.61 Å². The minimum Gasteiger partial charge on any atom is -0.479 e. The van der Waals surface area contributed by atoms with Gasteiger partial charge >= 0.3 is 12.1 Å². The Morgan fingerprint density at radius 3 is 2.12 bits per heavy atom. The fraction of sp³-hybridized carbons (Fsp3) is 0.400. The molecular formula is C25H30N2O6. The monoisotopic (exact) mass is 454 g/mol. The molecule has 0 heterocycles. The topological polar surface area (TPSA) is 125 Å². The highest BCUT2D eigenvalue weighted by molar-refractivity contribution is 5.79. The minimum absolute atomic E-state index is 0.0189. The first-order valence-electron chi connectivity index (χ1n) is 11.1. The summed E-state index contributed by atoms with van der Waals surface area (Å²) in [5.74, 6) is -1.75. The Hall–Kier alpha value is -3.39. The minimum atomic E-state index is -1.52. The van der Waals surface area contributed by atoms with Crippen molar-refractivity contribution in [3.63, 3.8) is 0 Å². The van der Waals surface area contributed by atoms with E-state index in [1.165, 1.54) is 0 Å². The van der Waals surface area contributed by atoms with Gasteiger partial charge in [0.25, 0.3) is 0 Å². The molecule has 0 aromatic heterocycles. The van der Waals surface area contributed by atoms with Gasteiger partial charge in [-0.25, -0.2) is 9.59 Å². The number of amides is 2. The van der Waals surface area contributed by atoms with Crippen molar-refractivity contribution in [2.45, 2.75) is 44.8 Å². The van der Waals surface area contributed by atoms with E-state index >= 15 is 0 Å². The number of hydrogen-bond donors (Lipinski definition) is 4. The number of carbonyl (C=O) groups is 3. The number of alkyl carbamates (subject to hydrolysis) is 1. The number of aliphatic hydroxyl groups is 1. The molecule has 8 nitrogen and oxygen atoms in total. The van der Waals surface area contributed by atoms with Crippen molar-refractivity contribution in [3.05, 3.63) is 59.7 Å². The molecule has 0 spiro atoms. The van der Waals surface area contributed by atoms with Crippen molar-refractivity contribution in [3.8, 4) is 11.1 Å². The molecule has 0 radical (unpaired) electrons. The van der Waals surface area contributed by atoms with E-state index < -0.39 is 24.2 Å². The third-order valence-corrected chi connectivity index (χ3v) is 5.88. The summed E-state index contributed by atoms with van der Waals surface area (Å²) in [7, 11) is 0. The van der Waals surface area contributed by atoms with Gasteiger partial charge in [-0.3, -0.25) is 4.79 Å². The van der Waals surface area contributed by atoms with Crippen LogP contribution in [0.4, 0.5) is 4.79 Å². The molecule has 1 unspecified atom stereocenters. The van der Waals surface area contributed by atoms with Crippen molar-refractivity contribution in [1.29, 1.82) is 0 Å². The number of fused-ring (bicyclic) bond motifs is 3. The highest BCUT2D eigenvalue weighted by Gasteiger charge is 2.29. The number of benzene rings is 2. The van der Waals surface area contributed by atoms with Crippen LogP contribution in [0.3, 0.4) is 0 Å². The lowest BCUT2D eigenvalue weighted by Gasteiger charge is -2.22. The standard InChI is InChI=1S/C25H30N2O6/c1-15(2)21(13-23(29)26-12-11-22(28)24(30)31)27-25(32)33-14-20-18-9-5-3-7-16(18)17-8-4-6-10-19(17)20/h3-10,15,20-22,28H,11-14H2,1-2H3,(H,26,29)(H,27,32)(H,30,31)/t21-,22?/m0/s1. The van der Waals surface area contributed by atoms with Crippen LogP contribution >= 0.6 is 0 Å². The Kier molecular flexibility index (Phi) is 8.06. The molecule has 2 atom stereocenters. The quantitative estimate of drug-likeness (QED) is 0.438. The van der Waals surface area contributed by atoms with Crippen molar-refractivity contribution in [2.24, 2.45) is 5.92 Å². The maximum absolute atomic E-state index is 12.5. The summed E-state index contributed by atoms with van der Waals surface area (Å²) in [6.07, 6.45) is -2.19. The predicted octanol–water partition coefficient (Wildman–Crippen LogP) is 2.89. The number of nitrogens with one attached hydrogen (secondary N) is 2. The first kappa shape index (κ1) is 24.3. The number of aliphatic carboxylic acids is 1. The van der Waals surface area contributed by atoms with Gasteiger partial charge in [0.2, 0.25) is 5.91 Å². The summed E-state index contributed by atoms with van der Waals surface area (Å²) in [5.41, 5.74) is 4.53. The van der Waals surface area contributed by atoms with E-state index in [0.717, 1.165) is 22.3 Å². The highest BCUT2D eigenvalue weighted by atomic mass is 16.5. The van der Waals surface area contributed by atoms with E-state index in [1.54, 1.807) is 0 Å². The average Bonchev–Trinajstić information content (AvgIpc) is 3.10. The van der Waals surface area contributed by atoms with Gasteiger partial charge in [-0.1, -0.05) is 62.4 Å². The lowest BCUT2D eigenvalue weighted by atomic mass is 9.98. The van der Waals surface area contributed by atoms with Gasteiger partial charge in [-0.2, -0.15) is 0 Å². The Morgan fingerprint density at radius 2 is 1.58 bits per heavy atom. The van der Waals surface area contributed by atoms with Crippen LogP contribution in [0.25, 0.3) is 11.1 Å². The molecular weight excluding hydrogens is 424 g/mol. The Balaban J connectivity index is 1.53. The smallest absolute Gasteiger partial charge is 0.407 e. The molecule has 0 fully saturated rings. The molecule has 1 aliphatic rings. The van der Waals surface area contributed by atoms with Gasteiger partial charge in [0.05, 0.1) is 0 Å². The van der Waals surface area contributed by atoms with Gasteiger partial charge < -0.3 is 25.6 Å². The van der Waals surface area contributed by atoms with Crippen LogP contribution in [0.1, 0.15) is 43.7 Å². The van der Waals surface area contributed by atoms with Crippen LogP contribution in [-0.2, 0) is 14.3 Å². The number of hydrogen-bond acceptors (Lipinski definition) is 5. The van der Waals surface area contributed by atoms with Crippen molar-refractivity contribution in [1.82, 2.24) is 10.6 Å². The Morgan fingerprint density at radius 1 is 1.00 bits per heavy atom. The zero-order valence-electron chi connectivity index (χ0n) is 18.8. The molecule has 33 heavy (non-hydrogen) atoms. The van der Waals surface area contributed by atoms with Crippen LogP contribution in [0, 0.1) is 5.92 Å². The second-order valence-corrected chi connectivity index (χ2v) is 8.52. The van der Waals surface area contributed by atoms with E-state index in [9.17, 15) is 19.5 Å². The summed E-state index contributed by atoms with van der Waals surface area (Å²) in [6, 6.07) is 15.7. The maximum Gasteiger partial charge on any atom is 0.407 e. The Bertz CT molecular complexity index is 960. The normalized spacial score (nSPS) is 14.2. The summed E-state index contributed by atoms with van der Waals surface area (Å²) < 4.78 is 5.56. The van der Waals surface area contributed by atoms with E-state index in [1.807, 2.05) is 50.2 Å². The molecule has 3 rings (SSSR count). The third kappa shape index (κ3) is 6.10. The second kappa shape index (κ2) is 11.0. The average molecular weight is 455 g/mol. The van der Waals surface area contributed by atoms with Crippen LogP contribution < -0.4 is 10.6 Å². The largest absolute Gasteiger partial charge is 0.479 e. The molecule has 2 amide bonds. The SMILES string of the molecule is CC(C)[C@H](CC(=O)NCCC(O)C(=O)O)NC(=O)OCC1c2ccccc2-c2ccccc21. The lowest BCUT2D eigenvalue weighted by molar-refractivity contribution is -0.147. The van der Waals surface area contributed by atoms with Gasteiger partial charge in [0.15, 0.2) is 6.10 Å². The van der Waals surface area contributed by atoms with E-state index in [-0.39, 0.29) is 43.7 Å². The third-order valence-electron chi connectivity index (χ3n) is 5.88. The zero-order valence-corrected chi connectivity index (χ0v) is 18.8. The molecule has 0 aliphatic heterocycles. The van der Waals surface area contributed by atoms with Gasteiger partial charge in [-0.05, 0) is 28.2 Å². The molecule has 0 saturated heterocycles. The first-order valence-corrected chi connectivity index (χ1v) is 11.1. The van der Waals surface area contributed by atoms with Crippen LogP contribution in [0.2, 0.25) is 0 Å². The lowest BCUT2D eigenvalue weighted by Crippen LogP contribution is -2.43. The highest BCUT2D eigenvalue weighted by Crippen LogP contribution is 2.44. The summed E-state index contributed by atoms with van der Waals surface area (Å²) in [6.45, 7) is 3.98. The molecule has 0 saturated carbocycles. The van der Waals surface area contributed by atoms with E-state index in [0.29, 0.717) is 0 Å². The number of carboxylic acids is 1. The number of carbonyl (C=O) groups excluding carboxylic acids is 2. The number of rotatable bonds is 10. The fourth-order valence-corrected chi connectivity index (χ4v) is 3.99. The molecule has 8 heteroatoms. The molecule has 0 bridgehead atoms. The Labute approximate surface area is 193 Å². The second-order valence-electron chi connectivity index (χ2n) is 8.52. The number of aliphatic hydroxyl groups excluding tert-OH is 1. The van der Waals surface area contributed by atoms with Gasteiger partial charge in [0, 0.05) is 31.3 Å². The zero-order chi connectivity index (χ0) is 24.0. The fourth-order valence-electron chi connectivity index (χ4n) is 3.99. The van der Waals surface area contributed by atoms with Gasteiger partial charge in [-0.15, -0.1) is 0 Å². The maximum atomic E-state index is 12.5. The van der Waals surface area contributed by atoms with E-state index in [4.69, 9.17) is 9.84 Å². The molecule has 4 N–H and O–H groups in total. The van der Waals surface area contributed by atoms with E-state index in [2.05, 4.69) is 22.8 Å². The number of carboxylic acid groups (broad SMARTS) is 1. The van der Waals surface area contributed by atoms with Crippen molar-refractivity contribution < 1.29 is 29.3 Å². The molecule has 2 aromatic rings. The summed E-state index contributed by atoms with van der Waals surface area (Å²) in [4.78, 5) is 35.4. The van der Waals surface area contributed by atoms with Crippen LogP contribution in [-0.4, -0.2) is 53.5 Å². The predicted molar refractivity (Wildman–Crippen MR) is 123 cm³/mol. The van der Waals surface area contributed by atoms with Crippen LogP contribution in [0.15, 0.2) is 48.5 Å². The summed E-state index contributed by atoms with van der Waals surface area (Å²) >= 11 is 0. The van der Waals surface area contributed by atoms with Crippen LogP contribution in [0.5, 0.6) is 0 Å². The number of ether oxygens (including phenoxy) is 1. The summed E-state index contributed by atoms with van der Waals surface area (Å²) in [5, 5.41) is 23.3. The molecule has 1 aliphatic carbocycles. The van der Waals surface area contributed by atoms with Crippen molar-refractivity contribution in [2.75, 3.05) is 13.2 Å². The first-order chi connectivity index (χ1) is 15.8. The molecule has 176 valence electrons. The molecule has 2 aromatic carbocycles. The van der Waals surface area contributed by atoms with Crippen molar-refractivity contribution >= 4 is 18.0 Å².